The van der Waals surface area contributed by atoms with E-state index in [4.69, 9.17) is 15.2 Å². The summed E-state index contributed by atoms with van der Waals surface area (Å²) in [4.78, 5) is 10.3. The second-order valence-corrected chi connectivity index (χ2v) is 5.59. The van der Waals surface area contributed by atoms with E-state index in [0.29, 0.717) is 17.6 Å². The van der Waals surface area contributed by atoms with Crippen LogP contribution in [0.15, 0.2) is 30.5 Å². The summed E-state index contributed by atoms with van der Waals surface area (Å²) in [5, 5.41) is 0. The average molecular weight is 348 g/mol. The Morgan fingerprint density at radius 3 is 2.32 bits per heavy atom. The number of halogens is 1. The summed E-state index contributed by atoms with van der Waals surface area (Å²) in [5.74, 6) is 0.834. The third-order valence-electron chi connectivity index (χ3n) is 3.44. The fraction of sp³-hybridized carbons (Fsp3) is 0.444. The highest BCUT2D eigenvalue weighted by Gasteiger charge is 2.09. The van der Waals surface area contributed by atoms with Gasteiger partial charge in [0.15, 0.2) is 0 Å². The molecule has 2 rings (SSSR count). The molecule has 0 unspecified atom stereocenters. The molecular formula is C18H25FN4O2. The molecule has 2 heterocycles. The van der Waals surface area contributed by atoms with Crippen LogP contribution in [0.25, 0.3) is 0 Å². The minimum absolute atomic E-state index is 0.276. The van der Waals surface area contributed by atoms with Crippen molar-refractivity contribution in [1.29, 1.82) is 0 Å². The Labute approximate surface area is 147 Å². The van der Waals surface area contributed by atoms with Crippen LogP contribution in [0, 0.1) is 5.82 Å². The molecule has 136 valence electrons. The van der Waals surface area contributed by atoms with Crippen molar-refractivity contribution in [1.82, 2.24) is 9.97 Å². The van der Waals surface area contributed by atoms with Crippen LogP contribution < -0.4 is 20.1 Å². The standard InChI is InChI=1S/C18H25FN4O2/c1-3-7-23(8-4-2)15-11-16(20)22-18(12-15)25-10-9-24-17-6-5-14(19)13-21-17/h5-6,11-13H,3-4,7-10H2,1-2H3,(H2,20,22). The molecule has 0 saturated carbocycles. The molecule has 6 nitrogen and oxygen atoms in total. The van der Waals surface area contributed by atoms with E-state index in [1.165, 1.54) is 12.1 Å². The van der Waals surface area contributed by atoms with Crippen molar-refractivity contribution in [3.05, 3.63) is 36.3 Å². The molecule has 0 aliphatic heterocycles. The molecule has 0 aromatic carbocycles. The van der Waals surface area contributed by atoms with Gasteiger partial charge in [-0.15, -0.1) is 0 Å². The first-order valence-electron chi connectivity index (χ1n) is 8.52. The smallest absolute Gasteiger partial charge is 0.217 e. The van der Waals surface area contributed by atoms with Gasteiger partial charge in [-0.2, -0.15) is 4.98 Å². The van der Waals surface area contributed by atoms with E-state index >= 15 is 0 Å². The summed E-state index contributed by atoms with van der Waals surface area (Å²) >= 11 is 0. The second-order valence-electron chi connectivity index (χ2n) is 5.59. The van der Waals surface area contributed by atoms with Gasteiger partial charge in [-0.3, -0.25) is 0 Å². The number of nitrogens with two attached hydrogens (primary N) is 1. The lowest BCUT2D eigenvalue weighted by Crippen LogP contribution is -2.25. The maximum atomic E-state index is 12.8. The van der Waals surface area contributed by atoms with Crippen molar-refractivity contribution >= 4 is 11.5 Å². The van der Waals surface area contributed by atoms with Crippen LogP contribution in [-0.2, 0) is 0 Å². The topological polar surface area (TPSA) is 73.5 Å². The number of aromatic nitrogens is 2. The van der Waals surface area contributed by atoms with Crippen LogP contribution in [0.1, 0.15) is 26.7 Å². The fourth-order valence-electron chi connectivity index (χ4n) is 2.42. The van der Waals surface area contributed by atoms with Gasteiger partial charge < -0.3 is 20.1 Å². The van der Waals surface area contributed by atoms with Gasteiger partial charge in [0.1, 0.15) is 24.8 Å². The SMILES string of the molecule is CCCN(CCC)c1cc(N)nc(OCCOc2ccc(F)cn2)c1. The predicted molar refractivity (Wildman–Crippen MR) is 96.6 cm³/mol. The van der Waals surface area contributed by atoms with Gasteiger partial charge in [0.05, 0.1) is 6.20 Å². The first-order chi connectivity index (χ1) is 12.1. The minimum atomic E-state index is -0.399. The van der Waals surface area contributed by atoms with Gasteiger partial charge in [0.25, 0.3) is 0 Å². The van der Waals surface area contributed by atoms with E-state index in [2.05, 4.69) is 28.7 Å². The summed E-state index contributed by atoms with van der Waals surface area (Å²) in [6, 6.07) is 6.51. The number of nitrogen functional groups attached to an aromatic ring is 1. The van der Waals surface area contributed by atoms with Crippen molar-refractivity contribution in [2.75, 3.05) is 36.9 Å². The molecule has 0 aliphatic rings. The molecule has 0 radical (unpaired) electrons. The van der Waals surface area contributed by atoms with Crippen molar-refractivity contribution in [3.63, 3.8) is 0 Å². The molecule has 0 bridgehead atoms. The van der Waals surface area contributed by atoms with Gasteiger partial charge >= 0.3 is 0 Å². The van der Waals surface area contributed by atoms with E-state index in [9.17, 15) is 4.39 Å². The van der Waals surface area contributed by atoms with Crippen molar-refractivity contribution < 1.29 is 13.9 Å². The first kappa shape index (κ1) is 18.8. The van der Waals surface area contributed by atoms with Crippen LogP contribution in [-0.4, -0.2) is 36.3 Å². The lowest BCUT2D eigenvalue weighted by Gasteiger charge is -2.24. The largest absolute Gasteiger partial charge is 0.474 e. The first-order valence-corrected chi connectivity index (χ1v) is 8.52. The van der Waals surface area contributed by atoms with E-state index < -0.39 is 5.82 Å². The molecule has 2 N–H and O–H groups in total. The Bertz CT molecular complexity index is 646. The molecule has 0 fully saturated rings. The van der Waals surface area contributed by atoms with Crippen molar-refractivity contribution in [2.24, 2.45) is 0 Å². The van der Waals surface area contributed by atoms with Gasteiger partial charge in [0, 0.05) is 37.0 Å². The average Bonchev–Trinajstić information content (AvgIpc) is 2.59. The maximum absolute atomic E-state index is 12.8. The van der Waals surface area contributed by atoms with Gasteiger partial charge in [0.2, 0.25) is 11.8 Å². The van der Waals surface area contributed by atoms with E-state index in [0.717, 1.165) is 37.8 Å². The molecule has 0 aliphatic carbocycles. The van der Waals surface area contributed by atoms with Crippen LogP contribution >= 0.6 is 0 Å². The Balaban J connectivity index is 1.91. The molecule has 0 saturated heterocycles. The highest BCUT2D eigenvalue weighted by atomic mass is 19.1. The predicted octanol–water partition coefficient (Wildman–Crippen LogP) is 3.28. The quantitative estimate of drug-likeness (QED) is 0.664. The van der Waals surface area contributed by atoms with Crippen molar-refractivity contribution in [2.45, 2.75) is 26.7 Å². The number of ether oxygens (including phenoxy) is 2. The Morgan fingerprint density at radius 1 is 1.04 bits per heavy atom. The van der Waals surface area contributed by atoms with E-state index in [1.807, 2.05) is 12.1 Å². The molecule has 2 aromatic heterocycles. The van der Waals surface area contributed by atoms with Crippen molar-refractivity contribution in [3.8, 4) is 11.8 Å². The molecule has 0 amide bonds. The van der Waals surface area contributed by atoms with Crippen LogP contribution in [0.5, 0.6) is 11.8 Å². The maximum Gasteiger partial charge on any atom is 0.217 e. The van der Waals surface area contributed by atoms with Crippen LogP contribution in [0.4, 0.5) is 15.9 Å². The summed E-state index contributed by atoms with van der Waals surface area (Å²) in [6.45, 7) is 6.76. The number of hydrogen-bond acceptors (Lipinski definition) is 6. The lowest BCUT2D eigenvalue weighted by molar-refractivity contribution is 0.207. The fourth-order valence-corrected chi connectivity index (χ4v) is 2.42. The van der Waals surface area contributed by atoms with Gasteiger partial charge in [-0.25, -0.2) is 9.37 Å². The highest BCUT2D eigenvalue weighted by Crippen LogP contribution is 2.23. The Kier molecular flexibility index (Phi) is 7.25. The third-order valence-corrected chi connectivity index (χ3v) is 3.44. The summed E-state index contributed by atoms with van der Waals surface area (Å²) in [5.41, 5.74) is 6.91. The zero-order valence-corrected chi connectivity index (χ0v) is 14.7. The van der Waals surface area contributed by atoms with Crippen LogP contribution in [0.3, 0.4) is 0 Å². The number of rotatable bonds is 10. The second kappa shape index (κ2) is 9.66. The van der Waals surface area contributed by atoms with E-state index in [1.54, 1.807) is 0 Å². The summed E-state index contributed by atoms with van der Waals surface area (Å²) < 4.78 is 23.8. The Morgan fingerprint density at radius 2 is 1.72 bits per heavy atom. The highest BCUT2D eigenvalue weighted by molar-refractivity contribution is 5.55. The lowest BCUT2D eigenvalue weighted by atomic mass is 10.3. The minimum Gasteiger partial charge on any atom is -0.474 e. The summed E-state index contributed by atoms with van der Waals surface area (Å²) in [6.07, 6.45) is 3.21. The van der Waals surface area contributed by atoms with Gasteiger partial charge in [-0.1, -0.05) is 13.8 Å². The summed E-state index contributed by atoms with van der Waals surface area (Å²) in [7, 11) is 0. The number of pyridine rings is 2. The van der Waals surface area contributed by atoms with Gasteiger partial charge in [-0.05, 0) is 18.9 Å². The number of nitrogens with zero attached hydrogens (tertiary/aromatic N) is 3. The number of hydrogen-bond donors (Lipinski definition) is 1. The molecular weight excluding hydrogens is 323 g/mol. The molecule has 25 heavy (non-hydrogen) atoms. The van der Waals surface area contributed by atoms with Crippen LogP contribution in [0.2, 0.25) is 0 Å². The van der Waals surface area contributed by atoms with E-state index in [-0.39, 0.29) is 13.2 Å². The zero-order chi connectivity index (χ0) is 18.1. The third kappa shape index (κ3) is 6.10. The molecule has 0 atom stereocenters. The molecule has 0 spiro atoms. The zero-order valence-electron chi connectivity index (χ0n) is 14.7. The normalized spacial score (nSPS) is 10.5. The Hall–Kier alpha value is -2.57. The number of anilines is 2. The molecule has 7 heteroatoms. The molecule has 2 aromatic rings. The monoisotopic (exact) mass is 348 g/mol.